The van der Waals surface area contributed by atoms with E-state index in [1.54, 1.807) is 0 Å². The van der Waals surface area contributed by atoms with Crippen LogP contribution in [0.25, 0.3) is 0 Å². The minimum atomic E-state index is 0.123. The van der Waals surface area contributed by atoms with E-state index >= 15 is 0 Å². The van der Waals surface area contributed by atoms with Crippen molar-refractivity contribution in [1.82, 2.24) is 9.80 Å². The van der Waals surface area contributed by atoms with Gasteiger partial charge in [0.15, 0.2) is 0 Å². The molecule has 0 aromatic heterocycles. The fourth-order valence-corrected chi connectivity index (χ4v) is 2.02. The van der Waals surface area contributed by atoms with E-state index < -0.39 is 0 Å². The molecule has 1 saturated carbocycles. The van der Waals surface area contributed by atoms with Gasteiger partial charge in [-0.3, -0.25) is 4.79 Å². The molecule has 2 rings (SSSR count). The lowest BCUT2D eigenvalue weighted by Crippen LogP contribution is -2.51. The second kappa shape index (κ2) is 3.30. The van der Waals surface area contributed by atoms with Crippen LogP contribution in [0.15, 0.2) is 12.3 Å². The van der Waals surface area contributed by atoms with Crippen molar-refractivity contribution in [3.05, 3.63) is 12.3 Å². The normalized spacial score (nSPS) is 23.6. The highest BCUT2D eigenvalue weighted by Gasteiger charge is 2.37. The molecule has 0 radical (unpaired) electrons. The maximum atomic E-state index is 11.9. The smallest absolute Gasteiger partial charge is 0.269 e. The highest BCUT2D eigenvalue weighted by Crippen LogP contribution is 2.31. The van der Waals surface area contributed by atoms with Gasteiger partial charge in [0.1, 0.15) is 0 Å². The third-order valence-corrected chi connectivity index (χ3v) is 3.05. The summed E-state index contributed by atoms with van der Waals surface area (Å²) in [4.78, 5) is 16.0. The first-order valence-electron chi connectivity index (χ1n) is 5.37. The van der Waals surface area contributed by atoms with E-state index in [4.69, 9.17) is 0 Å². The molecule has 3 heteroatoms. The number of piperazine rings is 1. The van der Waals surface area contributed by atoms with Crippen LogP contribution in [0.4, 0.5) is 0 Å². The number of amides is 1. The van der Waals surface area contributed by atoms with Crippen molar-refractivity contribution in [2.45, 2.75) is 38.8 Å². The van der Waals surface area contributed by atoms with Crippen molar-refractivity contribution in [2.24, 2.45) is 0 Å². The Bertz CT molecular complexity index is 248. The minimum Gasteiger partial charge on any atom is -0.363 e. The van der Waals surface area contributed by atoms with Gasteiger partial charge in [0, 0.05) is 25.2 Å². The Balaban J connectivity index is 2.06. The van der Waals surface area contributed by atoms with Crippen LogP contribution < -0.4 is 0 Å². The summed E-state index contributed by atoms with van der Waals surface area (Å²) in [5.41, 5.74) is 0.701. The fraction of sp³-hybridized carbons (Fsp3) is 0.727. The molecule has 0 atom stereocenters. The maximum Gasteiger partial charge on any atom is 0.269 e. The van der Waals surface area contributed by atoms with Gasteiger partial charge < -0.3 is 9.80 Å². The molecule has 0 aromatic rings. The van der Waals surface area contributed by atoms with Gasteiger partial charge in [0.05, 0.1) is 5.70 Å². The van der Waals surface area contributed by atoms with E-state index in [2.05, 4.69) is 25.3 Å². The average Bonchev–Trinajstić information content (AvgIpc) is 2.92. The summed E-state index contributed by atoms with van der Waals surface area (Å²) in [6.45, 7) is 9.83. The molecule has 0 spiro atoms. The first kappa shape index (κ1) is 9.56. The zero-order chi connectivity index (χ0) is 10.3. The molecular weight excluding hydrogens is 176 g/mol. The monoisotopic (exact) mass is 194 g/mol. The van der Waals surface area contributed by atoms with Crippen LogP contribution >= 0.6 is 0 Å². The molecule has 1 aliphatic carbocycles. The van der Waals surface area contributed by atoms with Crippen LogP contribution in [0.1, 0.15) is 26.7 Å². The van der Waals surface area contributed by atoms with E-state index in [1.165, 1.54) is 12.8 Å². The number of hydrogen-bond donors (Lipinski definition) is 0. The summed E-state index contributed by atoms with van der Waals surface area (Å²) >= 11 is 0. The molecule has 0 bridgehead atoms. The lowest BCUT2D eigenvalue weighted by Gasteiger charge is -2.39. The predicted molar refractivity (Wildman–Crippen MR) is 55.7 cm³/mol. The molecular formula is C11H18N2O. The first-order chi connectivity index (χ1) is 6.61. The highest BCUT2D eigenvalue weighted by atomic mass is 16.2. The first-order valence-corrected chi connectivity index (χ1v) is 5.37. The third kappa shape index (κ3) is 1.51. The zero-order valence-corrected chi connectivity index (χ0v) is 8.99. The van der Waals surface area contributed by atoms with Crippen molar-refractivity contribution in [2.75, 3.05) is 13.1 Å². The fourth-order valence-electron chi connectivity index (χ4n) is 2.02. The van der Waals surface area contributed by atoms with Crippen molar-refractivity contribution in [1.29, 1.82) is 0 Å². The van der Waals surface area contributed by atoms with E-state index in [0.29, 0.717) is 17.8 Å². The number of hydrogen-bond acceptors (Lipinski definition) is 2. The molecule has 0 aromatic carbocycles. The summed E-state index contributed by atoms with van der Waals surface area (Å²) in [6.07, 6.45) is 2.46. The van der Waals surface area contributed by atoms with E-state index in [-0.39, 0.29) is 5.91 Å². The minimum absolute atomic E-state index is 0.123. The Morgan fingerprint density at radius 1 is 1.36 bits per heavy atom. The molecule has 1 heterocycles. The Hall–Kier alpha value is -0.990. The van der Waals surface area contributed by atoms with Crippen LogP contribution in [0.2, 0.25) is 0 Å². The van der Waals surface area contributed by atoms with Crippen molar-refractivity contribution >= 4 is 5.91 Å². The van der Waals surface area contributed by atoms with Gasteiger partial charge in [-0.05, 0) is 26.7 Å². The van der Waals surface area contributed by atoms with Crippen LogP contribution in [0.3, 0.4) is 0 Å². The summed E-state index contributed by atoms with van der Waals surface area (Å²) in [5.74, 6) is 0.123. The molecule has 3 nitrogen and oxygen atoms in total. The van der Waals surface area contributed by atoms with Gasteiger partial charge in [-0.25, -0.2) is 0 Å². The SMILES string of the molecule is C=C1C(=O)N(C(C)C)CCN1C1CC1. The Labute approximate surface area is 85.4 Å². The second-order valence-electron chi connectivity index (χ2n) is 4.46. The molecule has 78 valence electrons. The molecule has 1 aliphatic heterocycles. The number of carbonyl (C=O) groups is 1. The predicted octanol–water partition coefficient (Wildman–Crippen LogP) is 1.22. The molecule has 1 amide bonds. The van der Waals surface area contributed by atoms with E-state index in [1.807, 2.05) is 4.90 Å². The quantitative estimate of drug-likeness (QED) is 0.617. The van der Waals surface area contributed by atoms with Crippen LogP contribution in [-0.4, -0.2) is 40.9 Å². The topological polar surface area (TPSA) is 23.6 Å². The molecule has 0 N–H and O–H groups in total. The van der Waals surface area contributed by atoms with Crippen molar-refractivity contribution < 1.29 is 4.79 Å². The molecule has 1 saturated heterocycles. The molecule has 2 aliphatic rings. The number of nitrogens with zero attached hydrogens (tertiary/aromatic N) is 2. The summed E-state index contributed by atoms with van der Waals surface area (Å²) in [5, 5.41) is 0. The van der Waals surface area contributed by atoms with Gasteiger partial charge in [0.25, 0.3) is 5.91 Å². The van der Waals surface area contributed by atoms with Gasteiger partial charge in [-0.15, -0.1) is 0 Å². The average molecular weight is 194 g/mol. The molecule has 14 heavy (non-hydrogen) atoms. The van der Waals surface area contributed by atoms with E-state index in [0.717, 1.165) is 13.1 Å². The highest BCUT2D eigenvalue weighted by molar-refractivity contribution is 5.93. The molecule has 2 fully saturated rings. The zero-order valence-electron chi connectivity index (χ0n) is 8.99. The maximum absolute atomic E-state index is 11.9. The number of rotatable bonds is 2. The lowest BCUT2D eigenvalue weighted by atomic mass is 10.2. The largest absolute Gasteiger partial charge is 0.363 e. The van der Waals surface area contributed by atoms with Crippen LogP contribution in [0, 0.1) is 0 Å². The van der Waals surface area contributed by atoms with Crippen LogP contribution in [-0.2, 0) is 4.79 Å². The summed E-state index contributed by atoms with van der Waals surface area (Å²) in [7, 11) is 0. The van der Waals surface area contributed by atoms with Gasteiger partial charge in [0.2, 0.25) is 0 Å². The van der Waals surface area contributed by atoms with Gasteiger partial charge >= 0.3 is 0 Å². The summed E-state index contributed by atoms with van der Waals surface area (Å²) < 4.78 is 0. The number of carbonyl (C=O) groups excluding carboxylic acids is 1. The van der Waals surface area contributed by atoms with Gasteiger partial charge in [-0.1, -0.05) is 6.58 Å². The summed E-state index contributed by atoms with van der Waals surface area (Å²) in [6, 6.07) is 0.904. The lowest BCUT2D eigenvalue weighted by molar-refractivity contribution is -0.133. The molecule has 0 unspecified atom stereocenters. The van der Waals surface area contributed by atoms with Crippen molar-refractivity contribution in [3.63, 3.8) is 0 Å². The Kier molecular flexibility index (Phi) is 2.25. The van der Waals surface area contributed by atoms with E-state index in [9.17, 15) is 4.79 Å². The van der Waals surface area contributed by atoms with Crippen LogP contribution in [0.5, 0.6) is 0 Å². The van der Waals surface area contributed by atoms with Gasteiger partial charge in [-0.2, -0.15) is 0 Å². The van der Waals surface area contributed by atoms with Crippen molar-refractivity contribution in [3.8, 4) is 0 Å². The second-order valence-corrected chi connectivity index (χ2v) is 4.46. The standard InChI is InChI=1S/C11H18N2O/c1-8(2)12-6-7-13(10-4-5-10)9(3)11(12)14/h8,10H,3-7H2,1-2H3. The Morgan fingerprint density at radius 2 is 2.00 bits per heavy atom. The third-order valence-electron chi connectivity index (χ3n) is 3.05. The Morgan fingerprint density at radius 3 is 2.50 bits per heavy atom.